The Bertz CT molecular complexity index is 826. The maximum absolute atomic E-state index is 12.0. The summed E-state index contributed by atoms with van der Waals surface area (Å²) in [6, 6.07) is 14.0. The van der Waals surface area contributed by atoms with E-state index in [2.05, 4.69) is 30.0 Å². The lowest BCUT2D eigenvalue weighted by atomic mass is 9.99. The molecule has 2 aromatic carbocycles. The van der Waals surface area contributed by atoms with Gasteiger partial charge in [0.1, 0.15) is 5.75 Å². The average molecular weight is 420 g/mol. The molecule has 2 aromatic rings. The first-order valence-electron chi connectivity index (χ1n) is 8.77. The summed E-state index contributed by atoms with van der Waals surface area (Å²) in [6.45, 7) is 4.10. The van der Waals surface area contributed by atoms with Crippen LogP contribution in [0.25, 0.3) is 0 Å². The van der Waals surface area contributed by atoms with Crippen LogP contribution in [-0.4, -0.2) is 23.5 Å². The average Bonchev–Trinajstić information content (AvgIpc) is 2.71. The van der Waals surface area contributed by atoms with Crippen molar-refractivity contribution < 1.29 is 14.3 Å². The lowest BCUT2D eigenvalue weighted by Crippen LogP contribution is -2.49. The molecule has 0 fully saturated rings. The second kappa shape index (κ2) is 10.6. The van der Waals surface area contributed by atoms with Gasteiger partial charge in [0.15, 0.2) is 11.7 Å². The zero-order chi connectivity index (χ0) is 20.5. The van der Waals surface area contributed by atoms with Gasteiger partial charge in [0, 0.05) is 10.6 Å². The van der Waals surface area contributed by atoms with Gasteiger partial charge in [0.05, 0.1) is 0 Å². The van der Waals surface area contributed by atoms with Crippen LogP contribution >= 0.6 is 23.8 Å². The highest BCUT2D eigenvalue weighted by Crippen LogP contribution is 2.21. The summed E-state index contributed by atoms with van der Waals surface area (Å²) in [5.74, 6) is 0.224. The van der Waals surface area contributed by atoms with Crippen LogP contribution < -0.4 is 20.9 Å². The van der Waals surface area contributed by atoms with Crippen LogP contribution in [0.3, 0.4) is 0 Å². The van der Waals surface area contributed by atoms with Crippen LogP contribution in [0.1, 0.15) is 42.1 Å². The first kappa shape index (κ1) is 21.7. The lowest BCUT2D eigenvalue weighted by molar-refractivity contribution is -0.123. The molecular formula is C20H22ClN3O3S. The normalized spacial score (nSPS) is 11.2. The van der Waals surface area contributed by atoms with Gasteiger partial charge in [-0.3, -0.25) is 25.8 Å². The number of hydrogen-bond donors (Lipinski definition) is 3. The lowest BCUT2D eigenvalue weighted by Gasteiger charge is -2.12. The number of carbonyl (C=O) groups excluding carboxylic acids is 2. The summed E-state index contributed by atoms with van der Waals surface area (Å²) in [4.78, 5) is 23.8. The molecule has 1 unspecified atom stereocenters. The fraction of sp³-hybridized carbons (Fsp3) is 0.250. The highest BCUT2D eigenvalue weighted by molar-refractivity contribution is 7.80. The third kappa shape index (κ3) is 6.83. The minimum Gasteiger partial charge on any atom is -0.484 e. The number of nitrogens with one attached hydrogen (secondary N) is 3. The summed E-state index contributed by atoms with van der Waals surface area (Å²) in [5, 5.41) is 2.94. The monoisotopic (exact) mass is 419 g/mol. The number of rotatable bonds is 6. The molecule has 0 aliphatic heterocycles. The first-order valence-corrected chi connectivity index (χ1v) is 9.56. The van der Waals surface area contributed by atoms with Crippen LogP contribution in [0.4, 0.5) is 0 Å². The van der Waals surface area contributed by atoms with Gasteiger partial charge in [-0.2, -0.15) is 0 Å². The Morgan fingerprint density at radius 1 is 1.07 bits per heavy atom. The Hall–Kier alpha value is -2.64. The second-order valence-corrected chi connectivity index (χ2v) is 6.98. The van der Waals surface area contributed by atoms with Gasteiger partial charge in [-0.1, -0.05) is 37.6 Å². The molecule has 0 aliphatic carbocycles. The molecule has 0 saturated carbocycles. The number of halogens is 1. The fourth-order valence-corrected chi connectivity index (χ4v) is 2.52. The fourth-order valence-electron chi connectivity index (χ4n) is 2.25. The van der Waals surface area contributed by atoms with Gasteiger partial charge < -0.3 is 4.74 Å². The van der Waals surface area contributed by atoms with E-state index in [0.29, 0.717) is 22.3 Å². The van der Waals surface area contributed by atoms with Crippen molar-refractivity contribution >= 4 is 40.7 Å². The molecule has 3 N–H and O–H groups in total. The number of amides is 2. The summed E-state index contributed by atoms with van der Waals surface area (Å²) in [6.07, 6.45) is 1.06. The Morgan fingerprint density at radius 2 is 1.71 bits per heavy atom. The van der Waals surface area contributed by atoms with Gasteiger partial charge >= 0.3 is 0 Å². The van der Waals surface area contributed by atoms with Crippen molar-refractivity contribution in [3.63, 3.8) is 0 Å². The standard InChI is InChI=1S/C20H22ClN3O3S/c1-3-13(2)14-6-10-17(11-7-14)27-12-18(25)23-24-20(28)22-19(26)15-4-8-16(21)9-5-15/h4-11,13H,3,12H2,1-2H3,(H,23,25)(H2,22,24,26,28). The second-order valence-electron chi connectivity index (χ2n) is 6.13. The molecule has 148 valence electrons. The third-order valence-electron chi connectivity index (χ3n) is 4.08. The van der Waals surface area contributed by atoms with Crippen LogP contribution in [-0.2, 0) is 4.79 Å². The molecule has 0 bridgehead atoms. The van der Waals surface area contributed by atoms with Crippen LogP contribution in [0, 0.1) is 0 Å². The molecule has 0 aromatic heterocycles. The predicted molar refractivity (Wildman–Crippen MR) is 113 cm³/mol. The van der Waals surface area contributed by atoms with E-state index < -0.39 is 11.8 Å². The van der Waals surface area contributed by atoms with E-state index in [0.717, 1.165) is 6.42 Å². The predicted octanol–water partition coefficient (Wildman–Crippen LogP) is 3.57. The van der Waals surface area contributed by atoms with Gasteiger partial charge in [0.25, 0.3) is 11.8 Å². The van der Waals surface area contributed by atoms with Crippen LogP contribution in [0.2, 0.25) is 5.02 Å². The molecule has 0 saturated heterocycles. The topological polar surface area (TPSA) is 79.5 Å². The summed E-state index contributed by atoms with van der Waals surface area (Å²) in [5.41, 5.74) is 6.44. The number of thiocarbonyl (C=S) groups is 1. The van der Waals surface area contributed by atoms with Crippen molar-refractivity contribution in [3.05, 3.63) is 64.7 Å². The van der Waals surface area contributed by atoms with Crippen LogP contribution in [0.15, 0.2) is 48.5 Å². The van der Waals surface area contributed by atoms with Gasteiger partial charge in [-0.05, 0) is 66.5 Å². The van der Waals surface area contributed by atoms with Gasteiger partial charge in [0.2, 0.25) is 0 Å². The van der Waals surface area contributed by atoms with Crippen molar-refractivity contribution in [1.82, 2.24) is 16.2 Å². The Kier molecular flexibility index (Phi) is 8.22. The molecule has 28 heavy (non-hydrogen) atoms. The van der Waals surface area contributed by atoms with Crippen molar-refractivity contribution in [2.75, 3.05) is 6.61 Å². The molecule has 2 rings (SSSR count). The van der Waals surface area contributed by atoms with Gasteiger partial charge in [-0.25, -0.2) is 0 Å². The summed E-state index contributed by atoms with van der Waals surface area (Å²) < 4.78 is 5.43. The maximum Gasteiger partial charge on any atom is 0.276 e. The number of hydrazine groups is 1. The van der Waals surface area contributed by atoms with Gasteiger partial charge in [-0.15, -0.1) is 0 Å². The SMILES string of the molecule is CCC(C)c1ccc(OCC(=O)NNC(=S)NC(=O)c2ccc(Cl)cc2)cc1. The minimum absolute atomic E-state index is 0.0359. The molecule has 0 spiro atoms. The van der Waals surface area contributed by atoms with Crippen molar-refractivity contribution in [2.24, 2.45) is 0 Å². The van der Waals surface area contributed by atoms with E-state index >= 15 is 0 Å². The largest absolute Gasteiger partial charge is 0.484 e. The number of carbonyl (C=O) groups is 2. The van der Waals surface area contributed by atoms with E-state index in [9.17, 15) is 9.59 Å². The number of hydrogen-bond acceptors (Lipinski definition) is 4. The number of ether oxygens (including phenoxy) is 1. The molecule has 1 atom stereocenters. The molecule has 8 heteroatoms. The number of benzene rings is 2. The zero-order valence-corrected chi connectivity index (χ0v) is 17.2. The molecular weight excluding hydrogens is 398 g/mol. The van der Waals surface area contributed by atoms with Crippen molar-refractivity contribution in [3.8, 4) is 5.75 Å². The van der Waals surface area contributed by atoms with Crippen LogP contribution in [0.5, 0.6) is 5.75 Å². The molecule has 0 aliphatic rings. The minimum atomic E-state index is -0.436. The first-order chi connectivity index (χ1) is 13.4. The highest BCUT2D eigenvalue weighted by atomic mass is 35.5. The summed E-state index contributed by atoms with van der Waals surface area (Å²) >= 11 is 10.8. The van der Waals surface area contributed by atoms with E-state index in [-0.39, 0.29) is 11.7 Å². The Balaban J connectivity index is 1.72. The molecule has 6 nitrogen and oxygen atoms in total. The van der Waals surface area contributed by atoms with Crippen molar-refractivity contribution in [2.45, 2.75) is 26.2 Å². The van der Waals surface area contributed by atoms with E-state index in [4.69, 9.17) is 28.6 Å². The third-order valence-corrected chi connectivity index (χ3v) is 4.54. The summed E-state index contributed by atoms with van der Waals surface area (Å²) in [7, 11) is 0. The van der Waals surface area contributed by atoms with E-state index in [1.807, 2.05) is 24.3 Å². The Morgan fingerprint density at radius 3 is 2.32 bits per heavy atom. The smallest absolute Gasteiger partial charge is 0.276 e. The maximum atomic E-state index is 12.0. The highest BCUT2D eigenvalue weighted by Gasteiger charge is 2.09. The molecule has 0 radical (unpaired) electrons. The van der Waals surface area contributed by atoms with Crippen molar-refractivity contribution in [1.29, 1.82) is 0 Å². The molecule has 2 amide bonds. The van der Waals surface area contributed by atoms with E-state index in [1.54, 1.807) is 24.3 Å². The van der Waals surface area contributed by atoms with E-state index in [1.165, 1.54) is 5.56 Å². The Labute approximate surface area is 174 Å². The molecule has 0 heterocycles. The zero-order valence-electron chi connectivity index (χ0n) is 15.6. The quantitative estimate of drug-likeness (QED) is 0.492.